The summed E-state index contributed by atoms with van der Waals surface area (Å²) in [6.07, 6.45) is 0. The van der Waals surface area contributed by atoms with Crippen molar-refractivity contribution in [2.24, 2.45) is 0 Å². The Morgan fingerprint density at radius 1 is 0.349 bits per heavy atom. The first-order valence-corrected chi connectivity index (χ1v) is 14.1. The fourth-order valence-electron chi connectivity index (χ4n) is 6.84. The lowest BCUT2D eigenvalue weighted by atomic mass is 9.86. The third-order valence-electron chi connectivity index (χ3n) is 8.69. The van der Waals surface area contributed by atoms with Gasteiger partial charge in [-0.1, -0.05) is 133 Å². The number of hydrogen-bond acceptors (Lipinski definition) is 1. The van der Waals surface area contributed by atoms with Gasteiger partial charge in [0, 0.05) is 10.9 Å². The fourth-order valence-corrected chi connectivity index (χ4v) is 6.84. The van der Waals surface area contributed by atoms with Crippen molar-refractivity contribution in [2.75, 3.05) is 0 Å². The normalized spacial score (nSPS) is 15.3. The lowest BCUT2D eigenvalue weighted by Gasteiger charge is -2.23. The molecule has 1 aliphatic heterocycles. The van der Waals surface area contributed by atoms with Crippen LogP contribution in [0.1, 0.15) is 12.3 Å². The topological polar surface area (TPSA) is 9.23 Å². The number of ether oxygens (including phenoxy) is 1. The van der Waals surface area contributed by atoms with Crippen molar-refractivity contribution in [3.63, 3.8) is 0 Å². The van der Waals surface area contributed by atoms with Gasteiger partial charge < -0.3 is 4.74 Å². The lowest BCUT2D eigenvalue weighted by molar-refractivity contribution is 0.487. The number of rotatable bonds is 2. The Morgan fingerprint density at radius 3 is 1.77 bits per heavy atom. The van der Waals surface area contributed by atoms with Gasteiger partial charge in [0.25, 0.3) is 0 Å². The molecule has 0 bridgehead atoms. The first-order valence-electron chi connectivity index (χ1n) is 18.6. The van der Waals surface area contributed by atoms with Gasteiger partial charge >= 0.3 is 0 Å². The Bertz CT molecular complexity index is 3070. The molecule has 1 heteroatoms. The summed E-state index contributed by atoms with van der Waals surface area (Å²) in [6.45, 7) is 0. The Labute approximate surface area is 261 Å². The molecular weight excluding hydrogens is 520 g/mol. The summed E-state index contributed by atoms with van der Waals surface area (Å²) in [6, 6.07) is 26.5. The van der Waals surface area contributed by atoms with Crippen LogP contribution in [0.25, 0.3) is 87.2 Å². The fraction of sp³-hybridized carbons (Fsp3) is 0. The van der Waals surface area contributed by atoms with E-state index in [1.807, 2.05) is 72.8 Å². The van der Waals surface area contributed by atoms with Crippen molar-refractivity contribution in [2.45, 2.75) is 0 Å². The molecule has 1 aliphatic rings. The molecule has 0 fully saturated rings. The van der Waals surface area contributed by atoms with Crippen molar-refractivity contribution in [3.05, 3.63) is 145 Å². The van der Waals surface area contributed by atoms with E-state index in [0.717, 1.165) is 55.3 Å². The Balaban J connectivity index is 1.32. The van der Waals surface area contributed by atoms with Crippen molar-refractivity contribution in [3.8, 4) is 44.9 Å². The van der Waals surface area contributed by atoms with E-state index < -0.39 is 24.2 Å². The molecule has 0 saturated carbocycles. The van der Waals surface area contributed by atoms with Gasteiger partial charge in [0.1, 0.15) is 11.5 Å². The average Bonchev–Trinajstić information content (AvgIpc) is 3.16. The largest absolute Gasteiger partial charge is 0.456 e. The summed E-state index contributed by atoms with van der Waals surface area (Å²) in [5.41, 5.74) is 4.79. The summed E-state index contributed by atoms with van der Waals surface area (Å²) in [5.74, 6) is 1.57. The lowest BCUT2D eigenvalue weighted by Crippen LogP contribution is -1.97. The zero-order chi connectivity index (χ0) is 35.9. The van der Waals surface area contributed by atoms with Gasteiger partial charge in [0.05, 0.1) is 12.3 Å². The van der Waals surface area contributed by atoms with Crippen LogP contribution >= 0.6 is 0 Å². The summed E-state index contributed by atoms with van der Waals surface area (Å²) in [5, 5.41) is 3.95. The molecule has 43 heavy (non-hydrogen) atoms. The van der Waals surface area contributed by atoms with Gasteiger partial charge in [-0.15, -0.1) is 0 Å². The number of hydrogen-bond donors (Lipinski definition) is 0. The number of benzene rings is 9. The molecule has 0 amide bonds. The molecule has 0 N–H and O–H groups in total. The molecule has 9 aromatic carbocycles. The van der Waals surface area contributed by atoms with Crippen LogP contribution in [0.5, 0.6) is 11.5 Å². The molecule has 0 unspecified atom stereocenters. The second-order valence-electron chi connectivity index (χ2n) is 10.9. The minimum Gasteiger partial charge on any atom is -0.456 e. The maximum absolute atomic E-state index is 9.35. The van der Waals surface area contributed by atoms with Crippen molar-refractivity contribution in [1.82, 2.24) is 0 Å². The second kappa shape index (κ2) is 8.44. The highest BCUT2D eigenvalue weighted by Gasteiger charge is 2.22. The van der Waals surface area contributed by atoms with Crippen LogP contribution in [0.4, 0.5) is 0 Å². The first-order chi connectivity index (χ1) is 25.1. The molecule has 0 atom stereocenters. The van der Waals surface area contributed by atoms with Crippen LogP contribution in [0, 0.1) is 0 Å². The van der Waals surface area contributed by atoms with E-state index in [1.165, 1.54) is 0 Å². The van der Waals surface area contributed by atoms with Crippen molar-refractivity contribution in [1.29, 1.82) is 0 Å². The summed E-state index contributed by atoms with van der Waals surface area (Å²) >= 11 is 0. The van der Waals surface area contributed by atoms with E-state index in [1.54, 1.807) is 0 Å². The van der Waals surface area contributed by atoms with Crippen LogP contribution in [-0.4, -0.2) is 0 Å². The standard InChI is InChI=1S/C42H24O/c1-2-16-38-34(9-1)36-15-6-14-35-33(23-24-39(43-38)42(35)36)31-13-5-10-28-29(31)11-4-12-30(28)32-21-19-27-18-17-25-7-3-8-26-20-22-37(32)41(27)40(25)26/h1-24H/i3D,7D,8D,17D,18D,19D,20D,21D,22D. The quantitative estimate of drug-likeness (QED) is 0.193. The number of fused-ring (bicyclic) bond motifs is 3. The number of para-hydroxylation sites is 1. The van der Waals surface area contributed by atoms with Crippen molar-refractivity contribution < 1.29 is 17.1 Å². The molecular formula is C42H24O. The van der Waals surface area contributed by atoms with Crippen LogP contribution < -0.4 is 4.74 Å². The molecule has 1 nitrogen and oxygen atoms in total. The van der Waals surface area contributed by atoms with Gasteiger partial charge in [0.2, 0.25) is 0 Å². The first kappa shape index (κ1) is 16.1. The van der Waals surface area contributed by atoms with E-state index >= 15 is 0 Å². The minimum absolute atomic E-state index is 0.0372. The highest BCUT2D eigenvalue weighted by molar-refractivity contribution is 6.26. The summed E-state index contributed by atoms with van der Waals surface area (Å²) in [7, 11) is 0. The van der Waals surface area contributed by atoms with Crippen LogP contribution in [-0.2, 0) is 0 Å². The van der Waals surface area contributed by atoms with Crippen LogP contribution in [0.3, 0.4) is 0 Å². The molecule has 0 radical (unpaired) electrons. The zero-order valence-corrected chi connectivity index (χ0v) is 22.6. The molecule has 0 saturated heterocycles. The molecule has 0 spiro atoms. The minimum atomic E-state index is -0.491. The van der Waals surface area contributed by atoms with Gasteiger partial charge in [-0.3, -0.25) is 0 Å². The third-order valence-corrected chi connectivity index (χ3v) is 8.69. The van der Waals surface area contributed by atoms with E-state index in [9.17, 15) is 4.11 Å². The highest BCUT2D eigenvalue weighted by atomic mass is 16.5. The molecule has 198 valence electrons. The highest BCUT2D eigenvalue weighted by Crippen LogP contribution is 2.49. The predicted molar refractivity (Wildman–Crippen MR) is 182 cm³/mol. The third kappa shape index (κ3) is 3.11. The summed E-state index contributed by atoms with van der Waals surface area (Å²) < 4.78 is 86.7. The molecule has 0 aromatic heterocycles. The van der Waals surface area contributed by atoms with Gasteiger partial charge in [0.15, 0.2) is 0 Å². The van der Waals surface area contributed by atoms with E-state index in [-0.39, 0.29) is 68.1 Å². The monoisotopic (exact) mass is 553 g/mol. The molecule has 0 aliphatic carbocycles. The van der Waals surface area contributed by atoms with Crippen molar-refractivity contribution >= 4 is 53.9 Å². The maximum Gasteiger partial charge on any atom is 0.135 e. The Kier molecular flexibility index (Phi) is 3.16. The Morgan fingerprint density at radius 2 is 0.953 bits per heavy atom. The van der Waals surface area contributed by atoms with Crippen LogP contribution in [0.2, 0.25) is 0 Å². The average molecular weight is 554 g/mol. The van der Waals surface area contributed by atoms with Gasteiger partial charge in [-0.05, 0) is 88.4 Å². The van der Waals surface area contributed by atoms with Gasteiger partial charge in [-0.2, -0.15) is 0 Å². The smallest absolute Gasteiger partial charge is 0.135 e. The zero-order valence-electron chi connectivity index (χ0n) is 31.6. The molecule has 9 aromatic rings. The SMILES string of the molecule is [2H]c1c([2H])c2c([2H])c([2H])c3c([2H])c([2H])c(-c4cccc5c(-c6ccc7c8c(cccc68)-c6ccccc6O7)cccc45)c4c([2H])c([2H])c(c1[2H])c2c34. The van der Waals surface area contributed by atoms with E-state index in [2.05, 4.69) is 18.2 Å². The molecule has 1 heterocycles. The van der Waals surface area contributed by atoms with Crippen LogP contribution in [0.15, 0.2) is 145 Å². The predicted octanol–water partition coefficient (Wildman–Crippen LogP) is 12.0. The molecule has 10 rings (SSSR count). The Hall–Kier alpha value is -5.66. The van der Waals surface area contributed by atoms with Gasteiger partial charge in [-0.25, -0.2) is 0 Å². The maximum atomic E-state index is 9.35. The summed E-state index contributed by atoms with van der Waals surface area (Å²) in [4.78, 5) is 0. The van der Waals surface area contributed by atoms with E-state index in [0.29, 0.717) is 5.56 Å². The van der Waals surface area contributed by atoms with E-state index in [4.69, 9.17) is 13.0 Å². The second-order valence-corrected chi connectivity index (χ2v) is 10.9.